The molecular formula is C26H29Cl2F6N4O5PS2. The zero-order valence-corrected chi connectivity index (χ0v) is 28.5. The first-order chi connectivity index (χ1) is 21.4. The molecule has 1 saturated heterocycles. The van der Waals surface area contributed by atoms with Gasteiger partial charge in [-0.2, -0.15) is 26.3 Å². The first-order valence-electron chi connectivity index (χ1n) is 13.3. The van der Waals surface area contributed by atoms with Crippen LogP contribution < -0.4 is 5.32 Å². The van der Waals surface area contributed by atoms with Gasteiger partial charge in [-0.05, 0) is 42.9 Å². The second kappa shape index (κ2) is 17.8. The van der Waals surface area contributed by atoms with Gasteiger partial charge in [0.2, 0.25) is 6.61 Å². The van der Waals surface area contributed by atoms with E-state index in [9.17, 15) is 40.5 Å². The summed E-state index contributed by atoms with van der Waals surface area (Å²) >= 11 is 14.2. The number of hydrogen-bond acceptors (Lipinski definition) is 9. The van der Waals surface area contributed by atoms with Crippen LogP contribution in [0.5, 0.6) is 0 Å². The van der Waals surface area contributed by atoms with Gasteiger partial charge < -0.3 is 14.7 Å². The number of hydrogen-bond donors (Lipinski definition) is 1. The maximum atomic E-state index is 13.1. The Morgan fingerprint density at radius 1 is 1.22 bits per heavy atom. The molecule has 2 amide bonds. The Morgan fingerprint density at radius 3 is 2.43 bits per heavy atom. The highest BCUT2D eigenvalue weighted by Gasteiger charge is 2.40. The maximum absolute atomic E-state index is 13.1. The molecule has 1 aliphatic rings. The number of nitrogens with zero attached hydrogens (tertiary/aromatic N) is 3. The number of alkyl halides is 6. The van der Waals surface area contributed by atoms with Crippen LogP contribution in [0.3, 0.4) is 0 Å². The van der Waals surface area contributed by atoms with E-state index in [1.807, 2.05) is 13.8 Å². The van der Waals surface area contributed by atoms with Crippen molar-refractivity contribution in [3.8, 4) is 0 Å². The van der Waals surface area contributed by atoms with E-state index in [-0.39, 0.29) is 31.9 Å². The number of carbonyl (C=O) groups excluding carboxylic acids is 2. The zero-order valence-electron chi connectivity index (χ0n) is 24.5. The van der Waals surface area contributed by atoms with Crippen LogP contribution in [0.1, 0.15) is 48.8 Å². The van der Waals surface area contributed by atoms with Crippen molar-refractivity contribution in [2.24, 2.45) is 5.16 Å². The molecular weight excluding hydrogens is 728 g/mol. The molecule has 9 nitrogen and oxygen atoms in total. The highest BCUT2D eigenvalue weighted by molar-refractivity contribution is 8.56. The van der Waals surface area contributed by atoms with E-state index in [2.05, 4.69) is 20.3 Å². The molecule has 1 N–H and O–H groups in total. The second-order valence-corrected chi connectivity index (χ2v) is 15.7. The summed E-state index contributed by atoms with van der Waals surface area (Å²) in [4.78, 5) is 31.9. The summed E-state index contributed by atoms with van der Waals surface area (Å²) in [6.07, 6.45) is -7.46. The maximum Gasteiger partial charge on any atom is 0.425 e. The Balaban J connectivity index is 0.000000387. The zero-order chi connectivity index (χ0) is 34.7. The fourth-order valence-electron chi connectivity index (χ4n) is 3.39. The number of thioether (sulfide) groups is 1. The molecule has 2 atom stereocenters. The lowest BCUT2D eigenvalue weighted by Crippen LogP contribution is -2.32. The molecule has 0 saturated carbocycles. The van der Waals surface area contributed by atoms with E-state index < -0.39 is 49.3 Å². The Hall–Kier alpha value is -2.17. The van der Waals surface area contributed by atoms with Crippen LogP contribution in [-0.2, 0) is 20.1 Å². The summed E-state index contributed by atoms with van der Waals surface area (Å²) < 4.78 is 95.5. The average Bonchev–Trinajstić information content (AvgIpc) is 3.41. The van der Waals surface area contributed by atoms with Gasteiger partial charge in [-0.15, -0.1) is 0 Å². The van der Waals surface area contributed by atoms with Crippen molar-refractivity contribution in [2.75, 3.05) is 32.1 Å². The van der Waals surface area contributed by atoms with Crippen LogP contribution in [0.4, 0.5) is 31.1 Å². The number of aromatic nitrogens is 1. The van der Waals surface area contributed by atoms with Gasteiger partial charge in [-0.1, -0.05) is 66.1 Å². The molecule has 1 fully saturated rings. The van der Waals surface area contributed by atoms with Crippen LogP contribution >= 0.6 is 53.1 Å². The number of rotatable bonds is 12. The minimum atomic E-state index is -4.79. The van der Waals surface area contributed by atoms with E-state index in [0.717, 1.165) is 24.8 Å². The number of oxime groups is 1. The first-order valence-corrected chi connectivity index (χ1v) is 18.1. The third kappa shape index (κ3) is 12.5. The number of amides is 2. The molecule has 1 aliphatic heterocycles. The summed E-state index contributed by atoms with van der Waals surface area (Å²) in [6, 6.07) is 5.21. The second-order valence-electron chi connectivity index (χ2n) is 9.08. The van der Waals surface area contributed by atoms with Crippen molar-refractivity contribution in [3.05, 3.63) is 63.4 Å². The topological polar surface area (TPSA) is 110 Å². The van der Waals surface area contributed by atoms with Crippen LogP contribution in [-0.4, -0.2) is 70.0 Å². The summed E-state index contributed by atoms with van der Waals surface area (Å²) in [5.74, 6) is -0.437. The van der Waals surface area contributed by atoms with Gasteiger partial charge in [-0.3, -0.25) is 23.8 Å². The van der Waals surface area contributed by atoms with Crippen molar-refractivity contribution >= 4 is 69.9 Å². The smallest absolute Gasteiger partial charge is 0.386 e. The quantitative estimate of drug-likeness (QED) is 0.0990. The van der Waals surface area contributed by atoms with Gasteiger partial charge in [0.05, 0.1) is 34.3 Å². The molecule has 3 rings (SSSR count). The van der Waals surface area contributed by atoms with Crippen molar-refractivity contribution in [1.29, 1.82) is 0 Å². The van der Waals surface area contributed by atoms with Gasteiger partial charge in [0.25, 0.3) is 11.1 Å². The third-order valence-electron chi connectivity index (χ3n) is 5.59. The lowest BCUT2D eigenvalue weighted by atomic mass is 10.1. The summed E-state index contributed by atoms with van der Waals surface area (Å²) in [6.45, 7) is 1.36. The normalized spacial score (nSPS) is 15.9. The minimum Gasteiger partial charge on any atom is -0.386 e. The van der Waals surface area contributed by atoms with Crippen molar-refractivity contribution in [2.45, 2.75) is 44.8 Å². The van der Waals surface area contributed by atoms with E-state index in [0.29, 0.717) is 25.0 Å². The average molecular weight is 758 g/mol. The van der Waals surface area contributed by atoms with Gasteiger partial charge in [0.1, 0.15) is 11.4 Å². The molecule has 1 aromatic heterocycles. The van der Waals surface area contributed by atoms with Gasteiger partial charge >= 0.3 is 19.1 Å². The summed E-state index contributed by atoms with van der Waals surface area (Å²) in [7, 11) is 0. The predicted molar refractivity (Wildman–Crippen MR) is 168 cm³/mol. The Morgan fingerprint density at radius 2 is 1.89 bits per heavy atom. The van der Waals surface area contributed by atoms with Crippen molar-refractivity contribution in [1.82, 2.24) is 15.0 Å². The number of nitrogens with one attached hydrogen (secondary N) is 1. The Labute approximate surface area is 279 Å². The predicted octanol–water partition coefficient (Wildman–Crippen LogP) is 8.95. The fourth-order valence-corrected chi connectivity index (χ4v) is 10.3. The van der Waals surface area contributed by atoms with Crippen LogP contribution in [0, 0.1) is 0 Å². The molecule has 1 aromatic carbocycles. The summed E-state index contributed by atoms with van der Waals surface area (Å²) in [5, 5.41) is 5.52. The minimum absolute atomic E-state index is 0.113. The Bertz CT molecular complexity index is 1440. The highest BCUT2D eigenvalue weighted by atomic mass is 35.5. The lowest BCUT2D eigenvalue weighted by molar-refractivity contribution is -0.173. The molecule has 46 heavy (non-hydrogen) atoms. The van der Waals surface area contributed by atoms with Crippen LogP contribution in [0.2, 0.25) is 10.0 Å². The number of halogens is 8. The molecule has 0 aliphatic carbocycles. The molecule has 0 radical (unpaired) electrons. The van der Waals surface area contributed by atoms with Crippen molar-refractivity contribution in [3.63, 3.8) is 0 Å². The monoisotopic (exact) mass is 756 g/mol. The lowest BCUT2D eigenvalue weighted by Gasteiger charge is -2.27. The van der Waals surface area contributed by atoms with Crippen LogP contribution in [0.25, 0.3) is 0 Å². The summed E-state index contributed by atoms with van der Waals surface area (Å²) in [5.41, 5.74) is -2.40. The number of benzene rings is 1. The van der Waals surface area contributed by atoms with E-state index in [4.69, 9.17) is 27.7 Å². The van der Waals surface area contributed by atoms with E-state index >= 15 is 0 Å². The van der Waals surface area contributed by atoms with Gasteiger partial charge in [0, 0.05) is 23.7 Å². The largest absolute Gasteiger partial charge is 0.425 e. The SMILES string of the molecule is CCOP(=O)(SC(C)CC)N1CCSC1=O.O=C(NC/C(=N/OCC(F)(F)F)c1ncc(Cl)cc1Cl)c1ccccc1C(F)(F)F. The fraction of sp³-hybridized carbons (Fsp3) is 0.462. The van der Waals surface area contributed by atoms with Crippen LogP contribution in [0.15, 0.2) is 41.7 Å². The molecule has 2 heterocycles. The van der Waals surface area contributed by atoms with Gasteiger partial charge in [0.15, 0.2) is 0 Å². The Kier molecular flexibility index (Phi) is 15.5. The highest BCUT2D eigenvalue weighted by Crippen LogP contribution is 2.66. The van der Waals surface area contributed by atoms with Crippen molar-refractivity contribution < 1.29 is 49.9 Å². The molecule has 20 heteroatoms. The molecule has 2 unspecified atom stereocenters. The molecule has 0 spiro atoms. The van der Waals surface area contributed by atoms with Gasteiger partial charge in [-0.25, -0.2) is 0 Å². The van der Waals surface area contributed by atoms with E-state index in [1.165, 1.54) is 39.9 Å². The molecule has 256 valence electrons. The molecule has 2 aromatic rings. The third-order valence-corrected chi connectivity index (χ3v) is 12.4. The molecule has 0 bridgehead atoms. The van der Waals surface area contributed by atoms with E-state index in [1.54, 1.807) is 6.92 Å². The first kappa shape index (κ1) is 40.0. The number of pyridine rings is 1. The number of carbonyl (C=O) groups is 2. The standard InChI is InChI=1S/C17H11Cl2F6N3O2.C9H18NO3PS2/c18-9-5-12(19)14(26-6-9)13(28-30-8-16(20,21)22)7-27-15(29)10-3-1-2-4-11(10)17(23,24)25;1-4-8(3)16-14(12,13-5-2)10-6-7-15-9(10)11/h1-6H,7-8H2,(H,27,29);8H,4-7H2,1-3H3/b28-13-;.